The van der Waals surface area contributed by atoms with E-state index in [9.17, 15) is 4.79 Å². The molecule has 0 aromatic heterocycles. The van der Waals surface area contributed by atoms with E-state index in [0.29, 0.717) is 24.3 Å². The van der Waals surface area contributed by atoms with Crippen LogP contribution in [0.3, 0.4) is 0 Å². The Morgan fingerprint density at radius 3 is 2.47 bits per heavy atom. The average Bonchev–Trinajstić information content (AvgIpc) is 2.38. The standard InChI is InChI=1S/C15H22N2O2/c1-5-15(6-2)14(18)17(10(3)4)12-8-7-11(16)9-13(12)19-15/h7-10H,5-6,16H2,1-4H3. The monoisotopic (exact) mass is 262 g/mol. The number of nitrogen functional groups attached to an aromatic ring is 1. The van der Waals surface area contributed by atoms with E-state index in [2.05, 4.69) is 0 Å². The van der Waals surface area contributed by atoms with E-state index in [-0.39, 0.29) is 11.9 Å². The molecule has 2 N–H and O–H groups in total. The van der Waals surface area contributed by atoms with Crippen LogP contribution in [0.5, 0.6) is 5.75 Å². The van der Waals surface area contributed by atoms with Crippen LogP contribution in [-0.4, -0.2) is 17.6 Å². The van der Waals surface area contributed by atoms with Gasteiger partial charge in [-0.1, -0.05) is 13.8 Å². The molecule has 0 bridgehead atoms. The maximum absolute atomic E-state index is 12.8. The number of rotatable bonds is 3. The zero-order valence-electron chi connectivity index (χ0n) is 12.1. The van der Waals surface area contributed by atoms with Crippen molar-refractivity contribution in [1.29, 1.82) is 0 Å². The maximum atomic E-state index is 12.8. The predicted octanol–water partition coefficient (Wildman–Crippen LogP) is 2.96. The van der Waals surface area contributed by atoms with E-state index < -0.39 is 5.60 Å². The highest BCUT2D eigenvalue weighted by Gasteiger charge is 2.46. The number of amides is 1. The van der Waals surface area contributed by atoms with Gasteiger partial charge in [0.25, 0.3) is 5.91 Å². The molecule has 19 heavy (non-hydrogen) atoms. The van der Waals surface area contributed by atoms with Gasteiger partial charge in [-0.2, -0.15) is 0 Å². The minimum atomic E-state index is -0.759. The molecule has 0 spiro atoms. The minimum Gasteiger partial charge on any atom is -0.475 e. The molecule has 4 nitrogen and oxygen atoms in total. The van der Waals surface area contributed by atoms with Crippen LogP contribution in [-0.2, 0) is 4.79 Å². The molecular formula is C15H22N2O2. The van der Waals surface area contributed by atoms with Crippen LogP contribution >= 0.6 is 0 Å². The Morgan fingerprint density at radius 2 is 1.95 bits per heavy atom. The van der Waals surface area contributed by atoms with Gasteiger partial charge in [-0.3, -0.25) is 4.79 Å². The number of nitrogens with zero attached hydrogens (tertiary/aromatic N) is 1. The molecule has 0 atom stereocenters. The molecule has 1 aliphatic rings. The second-order valence-electron chi connectivity index (χ2n) is 5.30. The van der Waals surface area contributed by atoms with Gasteiger partial charge in [-0.05, 0) is 38.8 Å². The first-order chi connectivity index (χ1) is 8.95. The number of nitrogens with two attached hydrogens (primary N) is 1. The topological polar surface area (TPSA) is 55.6 Å². The van der Waals surface area contributed by atoms with Gasteiger partial charge in [0.15, 0.2) is 5.60 Å². The zero-order valence-corrected chi connectivity index (χ0v) is 12.1. The predicted molar refractivity (Wildman–Crippen MR) is 77.4 cm³/mol. The van der Waals surface area contributed by atoms with E-state index in [1.807, 2.05) is 38.7 Å². The SMILES string of the molecule is CCC1(CC)Oc2cc(N)ccc2N(C(C)C)C1=O. The van der Waals surface area contributed by atoms with Crippen molar-refractivity contribution >= 4 is 17.3 Å². The number of carbonyl (C=O) groups excluding carboxylic acids is 1. The van der Waals surface area contributed by atoms with Crippen molar-refractivity contribution in [2.75, 3.05) is 10.6 Å². The molecule has 4 heteroatoms. The number of anilines is 2. The summed E-state index contributed by atoms with van der Waals surface area (Å²) in [5.41, 5.74) is 6.53. The summed E-state index contributed by atoms with van der Waals surface area (Å²) in [5.74, 6) is 0.752. The Hall–Kier alpha value is -1.71. The first-order valence-corrected chi connectivity index (χ1v) is 6.87. The third-order valence-corrected chi connectivity index (χ3v) is 3.82. The Bertz CT molecular complexity index is 493. The van der Waals surface area contributed by atoms with E-state index in [1.165, 1.54) is 0 Å². The van der Waals surface area contributed by atoms with Crippen molar-refractivity contribution in [3.63, 3.8) is 0 Å². The normalized spacial score (nSPS) is 17.3. The van der Waals surface area contributed by atoms with Crippen LogP contribution in [0.25, 0.3) is 0 Å². The summed E-state index contributed by atoms with van der Waals surface area (Å²) in [6, 6.07) is 5.56. The van der Waals surface area contributed by atoms with Gasteiger partial charge >= 0.3 is 0 Å². The van der Waals surface area contributed by atoms with Crippen molar-refractivity contribution < 1.29 is 9.53 Å². The summed E-state index contributed by atoms with van der Waals surface area (Å²) in [6.45, 7) is 7.99. The van der Waals surface area contributed by atoms with Crippen LogP contribution in [0, 0.1) is 0 Å². The third-order valence-electron chi connectivity index (χ3n) is 3.82. The van der Waals surface area contributed by atoms with E-state index >= 15 is 0 Å². The van der Waals surface area contributed by atoms with E-state index in [4.69, 9.17) is 10.5 Å². The van der Waals surface area contributed by atoms with Gasteiger partial charge in [0.2, 0.25) is 0 Å². The summed E-state index contributed by atoms with van der Waals surface area (Å²) in [4.78, 5) is 14.6. The van der Waals surface area contributed by atoms with Crippen molar-refractivity contribution in [2.24, 2.45) is 0 Å². The van der Waals surface area contributed by atoms with Gasteiger partial charge in [-0.25, -0.2) is 0 Å². The van der Waals surface area contributed by atoms with Gasteiger partial charge < -0.3 is 15.4 Å². The number of carbonyl (C=O) groups is 1. The number of benzene rings is 1. The van der Waals surface area contributed by atoms with Crippen molar-refractivity contribution in [3.05, 3.63) is 18.2 Å². The first kappa shape index (κ1) is 13.7. The molecule has 1 aromatic carbocycles. The lowest BCUT2D eigenvalue weighted by atomic mass is 9.92. The molecule has 1 aromatic rings. The molecule has 1 heterocycles. The minimum absolute atomic E-state index is 0.0461. The summed E-state index contributed by atoms with van der Waals surface area (Å²) >= 11 is 0. The van der Waals surface area contributed by atoms with E-state index in [0.717, 1.165) is 5.69 Å². The fraction of sp³-hybridized carbons (Fsp3) is 0.533. The van der Waals surface area contributed by atoms with Crippen LogP contribution < -0.4 is 15.4 Å². The summed E-state index contributed by atoms with van der Waals surface area (Å²) < 4.78 is 6.02. The molecule has 0 fully saturated rings. The lowest BCUT2D eigenvalue weighted by Gasteiger charge is -2.43. The highest BCUT2D eigenvalue weighted by atomic mass is 16.5. The van der Waals surface area contributed by atoms with Gasteiger partial charge in [-0.15, -0.1) is 0 Å². The molecule has 0 unspecified atom stereocenters. The van der Waals surface area contributed by atoms with Crippen molar-refractivity contribution in [3.8, 4) is 5.75 Å². The molecule has 104 valence electrons. The Morgan fingerprint density at radius 1 is 1.32 bits per heavy atom. The lowest BCUT2D eigenvalue weighted by molar-refractivity contribution is -0.136. The molecule has 1 amide bonds. The average molecular weight is 262 g/mol. The second kappa shape index (κ2) is 4.76. The number of hydrogen-bond donors (Lipinski definition) is 1. The van der Waals surface area contributed by atoms with Crippen molar-refractivity contribution in [1.82, 2.24) is 0 Å². The molecule has 2 rings (SSSR count). The van der Waals surface area contributed by atoms with Crippen LogP contribution in [0.1, 0.15) is 40.5 Å². The fourth-order valence-corrected chi connectivity index (χ4v) is 2.60. The number of fused-ring (bicyclic) bond motifs is 1. The first-order valence-electron chi connectivity index (χ1n) is 6.87. The van der Waals surface area contributed by atoms with Crippen LogP contribution in [0.15, 0.2) is 18.2 Å². The second-order valence-corrected chi connectivity index (χ2v) is 5.30. The van der Waals surface area contributed by atoms with Gasteiger partial charge in [0, 0.05) is 17.8 Å². The fourth-order valence-electron chi connectivity index (χ4n) is 2.60. The smallest absolute Gasteiger partial charge is 0.271 e. The maximum Gasteiger partial charge on any atom is 0.271 e. The summed E-state index contributed by atoms with van der Waals surface area (Å²) in [5, 5.41) is 0. The molecule has 0 radical (unpaired) electrons. The highest BCUT2D eigenvalue weighted by molar-refractivity contribution is 6.03. The van der Waals surface area contributed by atoms with Gasteiger partial charge in [0.1, 0.15) is 5.75 Å². The number of hydrogen-bond acceptors (Lipinski definition) is 3. The third kappa shape index (κ3) is 2.05. The summed E-state index contributed by atoms with van der Waals surface area (Å²) in [6.07, 6.45) is 1.31. The lowest BCUT2D eigenvalue weighted by Crippen LogP contribution is -2.57. The van der Waals surface area contributed by atoms with Crippen molar-refractivity contribution in [2.45, 2.75) is 52.2 Å². The van der Waals surface area contributed by atoms with Crippen LogP contribution in [0.2, 0.25) is 0 Å². The quantitative estimate of drug-likeness (QED) is 0.852. The molecule has 0 saturated heterocycles. The Labute approximate surface area is 114 Å². The molecule has 1 aliphatic heterocycles. The molecule has 0 aliphatic carbocycles. The molecular weight excluding hydrogens is 240 g/mol. The number of ether oxygens (including phenoxy) is 1. The Kier molecular flexibility index (Phi) is 3.43. The largest absolute Gasteiger partial charge is 0.475 e. The summed E-state index contributed by atoms with van der Waals surface area (Å²) in [7, 11) is 0. The Balaban J connectivity index is 2.59. The van der Waals surface area contributed by atoms with Crippen LogP contribution in [0.4, 0.5) is 11.4 Å². The van der Waals surface area contributed by atoms with E-state index in [1.54, 1.807) is 12.1 Å². The van der Waals surface area contributed by atoms with Gasteiger partial charge in [0.05, 0.1) is 5.69 Å². The zero-order chi connectivity index (χ0) is 14.2. The molecule has 0 saturated carbocycles. The highest BCUT2D eigenvalue weighted by Crippen LogP contribution is 2.42.